The number of hydrogen-bond acceptors (Lipinski definition) is 4. The normalized spacial score (nSPS) is 11.1. The summed E-state index contributed by atoms with van der Waals surface area (Å²) in [6, 6.07) is 4.04. The van der Waals surface area contributed by atoms with Gasteiger partial charge in [-0.25, -0.2) is 0 Å². The monoisotopic (exact) mass is 423 g/mol. The van der Waals surface area contributed by atoms with Crippen molar-refractivity contribution in [1.29, 1.82) is 0 Å². The standard InChI is InChI=1S/C15H23Br2NO3/c1-4-19-14(20-5-2)10-18-9-11-7-12(16)8-13(17)15(11)21-6-3/h7-8,14,18H,4-6,9-10H2,1-3H3. The van der Waals surface area contributed by atoms with Crippen LogP contribution < -0.4 is 10.1 Å². The van der Waals surface area contributed by atoms with Crippen molar-refractivity contribution in [2.24, 2.45) is 0 Å². The fourth-order valence-electron chi connectivity index (χ4n) is 1.91. The summed E-state index contributed by atoms with van der Waals surface area (Å²) >= 11 is 7.04. The van der Waals surface area contributed by atoms with Gasteiger partial charge in [-0.3, -0.25) is 0 Å². The third-order valence-corrected chi connectivity index (χ3v) is 3.75. The molecule has 0 aliphatic heterocycles. The summed E-state index contributed by atoms with van der Waals surface area (Å²) in [5, 5.41) is 3.35. The van der Waals surface area contributed by atoms with Gasteiger partial charge in [0.15, 0.2) is 6.29 Å². The molecule has 1 rings (SSSR count). The van der Waals surface area contributed by atoms with E-state index in [0.717, 1.165) is 20.3 Å². The highest BCUT2D eigenvalue weighted by Crippen LogP contribution is 2.32. The largest absolute Gasteiger partial charge is 0.492 e. The average Bonchev–Trinajstić information content (AvgIpc) is 2.43. The Morgan fingerprint density at radius 2 is 1.71 bits per heavy atom. The number of benzene rings is 1. The molecule has 21 heavy (non-hydrogen) atoms. The van der Waals surface area contributed by atoms with Crippen LogP contribution in [0.25, 0.3) is 0 Å². The number of ether oxygens (including phenoxy) is 3. The smallest absolute Gasteiger partial charge is 0.169 e. The maximum absolute atomic E-state index is 5.71. The summed E-state index contributed by atoms with van der Waals surface area (Å²) in [5.41, 5.74) is 1.09. The van der Waals surface area contributed by atoms with Gasteiger partial charge < -0.3 is 19.5 Å². The van der Waals surface area contributed by atoms with Gasteiger partial charge in [-0.1, -0.05) is 15.9 Å². The van der Waals surface area contributed by atoms with E-state index in [0.29, 0.717) is 32.9 Å². The SMILES string of the molecule is CCOc1c(Br)cc(Br)cc1CNCC(OCC)OCC. The van der Waals surface area contributed by atoms with Crippen molar-refractivity contribution in [1.82, 2.24) is 5.32 Å². The minimum absolute atomic E-state index is 0.217. The molecule has 0 aromatic heterocycles. The van der Waals surface area contributed by atoms with Crippen molar-refractivity contribution < 1.29 is 14.2 Å². The molecular formula is C15H23Br2NO3. The van der Waals surface area contributed by atoms with E-state index in [1.54, 1.807) is 0 Å². The second-order valence-corrected chi connectivity index (χ2v) is 6.05. The Labute approximate surface area is 143 Å². The predicted octanol–water partition coefficient (Wildman–Crippen LogP) is 4.10. The van der Waals surface area contributed by atoms with Gasteiger partial charge in [-0.05, 0) is 48.8 Å². The maximum atomic E-state index is 5.71. The molecule has 0 saturated heterocycles. The third-order valence-electron chi connectivity index (χ3n) is 2.71. The van der Waals surface area contributed by atoms with Crippen molar-refractivity contribution in [3.05, 3.63) is 26.6 Å². The van der Waals surface area contributed by atoms with Crippen LogP contribution in [0.5, 0.6) is 5.75 Å². The highest BCUT2D eigenvalue weighted by atomic mass is 79.9. The van der Waals surface area contributed by atoms with E-state index < -0.39 is 0 Å². The minimum Gasteiger partial charge on any atom is -0.492 e. The van der Waals surface area contributed by atoms with E-state index in [1.807, 2.05) is 26.8 Å². The van der Waals surface area contributed by atoms with Crippen LogP contribution >= 0.6 is 31.9 Å². The van der Waals surface area contributed by atoms with Gasteiger partial charge in [0.05, 0.1) is 11.1 Å². The Kier molecular flexibility index (Phi) is 9.51. The summed E-state index contributed by atoms with van der Waals surface area (Å²) in [6.07, 6.45) is -0.217. The van der Waals surface area contributed by atoms with Crippen LogP contribution in [0.4, 0.5) is 0 Å². The second-order valence-electron chi connectivity index (χ2n) is 4.28. The first kappa shape index (κ1) is 18.9. The molecule has 1 aromatic rings. The molecule has 6 heteroatoms. The van der Waals surface area contributed by atoms with Crippen LogP contribution in [-0.2, 0) is 16.0 Å². The molecule has 0 unspecified atom stereocenters. The van der Waals surface area contributed by atoms with Crippen molar-refractivity contribution in [3.63, 3.8) is 0 Å². The number of nitrogens with one attached hydrogen (secondary N) is 1. The molecule has 4 nitrogen and oxygen atoms in total. The number of rotatable bonds is 10. The lowest BCUT2D eigenvalue weighted by molar-refractivity contribution is -0.133. The quantitative estimate of drug-likeness (QED) is 0.574. The summed E-state index contributed by atoms with van der Waals surface area (Å²) in [6.45, 7) is 9.13. The van der Waals surface area contributed by atoms with Gasteiger partial charge in [0.25, 0.3) is 0 Å². The van der Waals surface area contributed by atoms with E-state index in [-0.39, 0.29) is 6.29 Å². The van der Waals surface area contributed by atoms with E-state index in [2.05, 4.69) is 43.2 Å². The van der Waals surface area contributed by atoms with Crippen LogP contribution in [-0.4, -0.2) is 32.7 Å². The first-order chi connectivity index (χ1) is 10.1. The minimum atomic E-state index is -0.217. The van der Waals surface area contributed by atoms with E-state index in [9.17, 15) is 0 Å². The predicted molar refractivity (Wildman–Crippen MR) is 91.8 cm³/mol. The zero-order chi connectivity index (χ0) is 15.7. The molecule has 0 spiro atoms. The molecule has 1 N–H and O–H groups in total. The Hall–Kier alpha value is -0.140. The van der Waals surface area contributed by atoms with Crippen LogP contribution in [0.3, 0.4) is 0 Å². The Morgan fingerprint density at radius 1 is 1.05 bits per heavy atom. The van der Waals surface area contributed by atoms with E-state index in [1.165, 1.54) is 0 Å². The molecule has 120 valence electrons. The summed E-state index contributed by atoms with van der Waals surface area (Å²) < 4.78 is 18.7. The Bertz CT molecular complexity index is 424. The van der Waals surface area contributed by atoms with Crippen molar-refractivity contribution >= 4 is 31.9 Å². The molecule has 0 bridgehead atoms. The van der Waals surface area contributed by atoms with E-state index >= 15 is 0 Å². The molecule has 0 saturated carbocycles. The van der Waals surface area contributed by atoms with Crippen LogP contribution in [0.1, 0.15) is 26.3 Å². The lowest BCUT2D eigenvalue weighted by Crippen LogP contribution is -2.31. The van der Waals surface area contributed by atoms with Gasteiger partial charge in [-0.2, -0.15) is 0 Å². The number of hydrogen-bond donors (Lipinski definition) is 1. The molecule has 0 radical (unpaired) electrons. The maximum Gasteiger partial charge on any atom is 0.169 e. The highest BCUT2D eigenvalue weighted by Gasteiger charge is 2.12. The lowest BCUT2D eigenvalue weighted by Gasteiger charge is -2.18. The molecule has 0 heterocycles. The molecule has 0 amide bonds. The van der Waals surface area contributed by atoms with Crippen LogP contribution in [0.15, 0.2) is 21.1 Å². The first-order valence-electron chi connectivity index (χ1n) is 7.16. The topological polar surface area (TPSA) is 39.7 Å². The van der Waals surface area contributed by atoms with Crippen LogP contribution in [0.2, 0.25) is 0 Å². The average molecular weight is 425 g/mol. The van der Waals surface area contributed by atoms with Crippen molar-refractivity contribution in [2.75, 3.05) is 26.4 Å². The molecule has 0 aliphatic rings. The Morgan fingerprint density at radius 3 is 2.29 bits per heavy atom. The van der Waals surface area contributed by atoms with Crippen molar-refractivity contribution in [2.45, 2.75) is 33.6 Å². The lowest BCUT2D eigenvalue weighted by atomic mass is 10.2. The first-order valence-corrected chi connectivity index (χ1v) is 8.75. The molecule has 0 aliphatic carbocycles. The van der Waals surface area contributed by atoms with Gasteiger partial charge in [0, 0.05) is 36.3 Å². The zero-order valence-electron chi connectivity index (χ0n) is 12.7. The number of halogens is 2. The zero-order valence-corrected chi connectivity index (χ0v) is 15.9. The Balaban J connectivity index is 2.65. The van der Waals surface area contributed by atoms with Gasteiger partial charge in [0.2, 0.25) is 0 Å². The van der Waals surface area contributed by atoms with Gasteiger partial charge in [-0.15, -0.1) is 0 Å². The molecular weight excluding hydrogens is 402 g/mol. The van der Waals surface area contributed by atoms with Gasteiger partial charge >= 0.3 is 0 Å². The third kappa shape index (κ3) is 6.65. The highest BCUT2D eigenvalue weighted by molar-refractivity contribution is 9.11. The summed E-state index contributed by atoms with van der Waals surface area (Å²) in [7, 11) is 0. The van der Waals surface area contributed by atoms with Crippen LogP contribution in [0, 0.1) is 0 Å². The molecule has 0 fully saturated rings. The van der Waals surface area contributed by atoms with Gasteiger partial charge in [0.1, 0.15) is 5.75 Å². The fourth-order valence-corrected chi connectivity index (χ4v) is 3.34. The van der Waals surface area contributed by atoms with Crippen molar-refractivity contribution in [3.8, 4) is 5.75 Å². The molecule has 1 aromatic carbocycles. The second kappa shape index (κ2) is 10.6. The molecule has 0 atom stereocenters. The summed E-state index contributed by atoms with van der Waals surface area (Å²) in [4.78, 5) is 0. The fraction of sp³-hybridized carbons (Fsp3) is 0.600. The van der Waals surface area contributed by atoms with E-state index in [4.69, 9.17) is 14.2 Å². The summed E-state index contributed by atoms with van der Waals surface area (Å²) in [5.74, 6) is 0.873.